The summed E-state index contributed by atoms with van der Waals surface area (Å²) in [6.45, 7) is 3.89. The molecule has 2 rings (SSSR count). The summed E-state index contributed by atoms with van der Waals surface area (Å²) in [6, 6.07) is 5.25. The van der Waals surface area contributed by atoms with E-state index in [2.05, 4.69) is 10.1 Å². The summed E-state index contributed by atoms with van der Waals surface area (Å²) < 4.78 is 10.3. The van der Waals surface area contributed by atoms with Crippen molar-refractivity contribution in [2.75, 3.05) is 7.05 Å². The van der Waals surface area contributed by atoms with E-state index in [1.165, 1.54) is 7.05 Å². The Kier molecular flexibility index (Phi) is 2.98. The number of esters is 1. The van der Waals surface area contributed by atoms with Crippen molar-refractivity contribution in [2.24, 2.45) is 0 Å². The minimum absolute atomic E-state index is 0.279. The first-order valence-electron chi connectivity index (χ1n) is 5.68. The highest BCUT2D eigenvalue weighted by Gasteiger charge is 2.33. The third-order valence-electron chi connectivity index (χ3n) is 2.70. The fourth-order valence-electron chi connectivity index (χ4n) is 1.97. The maximum Gasteiger partial charge on any atom is 0.414 e. The Morgan fingerprint density at radius 2 is 2.11 bits per heavy atom. The lowest BCUT2D eigenvalue weighted by Crippen LogP contribution is -2.26. The van der Waals surface area contributed by atoms with Crippen molar-refractivity contribution in [3.63, 3.8) is 0 Å². The Morgan fingerprint density at radius 3 is 2.78 bits per heavy atom. The molecule has 0 unspecified atom stereocenters. The van der Waals surface area contributed by atoms with Crippen LogP contribution >= 0.6 is 0 Å². The molecule has 0 bridgehead atoms. The molecule has 96 valence electrons. The van der Waals surface area contributed by atoms with E-state index in [1.54, 1.807) is 12.1 Å². The first kappa shape index (κ1) is 12.4. The molecule has 1 aliphatic heterocycles. The molecule has 1 heterocycles. The van der Waals surface area contributed by atoms with Gasteiger partial charge in [0.15, 0.2) is 0 Å². The first-order chi connectivity index (χ1) is 8.43. The summed E-state index contributed by atoms with van der Waals surface area (Å²) in [5, 5.41) is 2.23. The van der Waals surface area contributed by atoms with E-state index in [0.717, 1.165) is 12.0 Å². The van der Waals surface area contributed by atoms with Gasteiger partial charge in [-0.25, -0.2) is 9.59 Å². The second-order valence-corrected chi connectivity index (χ2v) is 4.76. The maximum absolute atomic E-state index is 11.8. The van der Waals surface area contributed by atoms with Gasteiger partial charge in [0.05, 0.1) is 0 Å². The summed E-state index contributed by atoms with van der Waals surface area (Å²) in [4.78, 5) is 22.8. The number of fused-ring (bicyclic) bond motifs is 1. The summed E-state index contributed by atoms with van der Waals surface area (Å²) in [5.41, 5.74) is 0.888. The zero-order valence-electron chi connectivity index (χ0n) is 10.6. The number of nitrogens with one attached hydrogen (secondary N) is 1. The van der Waals surface area contributed by atoms with Gasteiger partial charge in [-0.2, -0.15) is 0 Å². The molecule has 0 aromatic heterocycles. The molecule has 5 heteroatoms. The molecule has 18 heavy (non-hydrogen) atoms. The summed E-state index contributed by atoms with van der Waals surface area (Å²) in [5.74, 6) is -0.194. The molecular weight excluding hydrogens is 234 g/mol. The van der Waals surface area contributed by atoms with Gasteiger partial charge in [-0.3, -0.25) is 0 Å². The maximum atomic E-state index is 11.8. The fraction of sp³-hybridized carbons (Fsp3) is 0.385. The minimum atomic E-state index is -0.783. The van der Waals surface area contributed by atoms with E-state index >= 15 is 0 Å². The summed E-state index contributed by atoms with van der Waals surface area (Å²) in [6.07, 6.45) is -0.0569. The molecule has 1 amide bonds. The zero-order chi connectivity index (χ0) is 13.3. The van der Waals surface area contributed by atoms with Gasteiger partial charge < -0.3 is 14.8 Å². The van der Waals surface area contributed by atoms with E-state index in [9.17, 15) is 9.59 Å². The largest absolute Gasteiger partial charge is 0.486 e. The molecule has 1 aromatic carbocycles. The monoisotopic (exact) mass is 249 g/mol. The summed E-state index contributed by atoms with van der Waals surface area (Å²) in [7, 11) is 1.39. The molecule has 1 N–H and O–H groups in total. The number of carbonyl (C=O) groups excluding carboxylic acids is 2. The number of alkyl carbamates (subject to hydrolysis) is 1. The van der Waals surface area contributed by atoms with Gasteiger partial charge in [-0.1, -0.05) is 12.1 Å². The highest BCUT2D eigenvalue weighted by Crippen LogP contribution is 2.37. The van der Waals surface area contributed by atoms with E-state index in [1.807, 2.05) is 19.9 Å². The van der Waals surface area contributed by atoms with Crippen LogP contribution < -0.4 is 10.1 Å². The van der Waals surface area contributed by atoms with Crippen LogP contribution in [0.5, 0.6) is 5.75 Å². The number of carbonyl (C=O) groups is 2. The molecule has 0 saturated heterocycles. The van der Waals surface area contributed by atoms with Crippen molar-refractivity contribution in [1.29, 1.82) is 0 Å². The van der Waals surface area contributed by atoms with Gasteiger partial charge in [0, 0.05) is 13.5 Å². The zero-order valence-corrected chi connectivity index (χ0v) is 10.6. The van der Waals surface area contributed by atoms with Crippen LogP contribution in [0.2, 0.25) is 0 Å². The van der Waals surface area contributed by atoms with Gasteiger partial charge in [0.25, 0.3) is 0 Å². The van der Waals surface area contributed by atoms with Crippen molar-refractivity contribution in [3.8, 4) is 5.75 Å². The average Bonchev–Trinajstić information content (AvgIpc) is 2.61. The van der Waals surface area contributed by atoms with E-state index in [-0.39, 0.29) is 11.2 Å². The third-order valence-corrected chi connectivity index (χ3v) is 2.70. The van der Waals surface area contributed by atoms with Crippen LogP contribution in [0.3, 0.4) is 0 Å². The van der Waals surface area contributed by atoms with Crippen molar-refractivity contribution in [1.82, 2.24) is 5.32 Å². The average molecular weight is 249 g/mol. The minimum Gasteiger partial charge on any atom is -0.486 e. The quantitative estimate of drug-likeness (QED) is 0.609. The predicted octanol–water partition coefficient (Wildman–Crippen LogP) is 1.90. The Balaban J connectivity index is 2.29. The predicted molar refractivity (Wildman–Crippen MR) is 64.7 cm³/mol. The number of para-hydroxylation sites is 1. The molecule has 5 nitrogen and oxygen atoms in total. The molecule has 1 aromatic rings. The van der Waals surface area contributed by atoms with E-state index in [4.69, 9.17) is 4.74 Å². The molecule has 0 aliphatic carbocycles. The van der Waals surface area contributed by atoms with Crippen LogP contribution in [-0.4, -0.2) is 24.7 Å². The van der Waals surface area contributed by atoms with Crippen LogP contribution in [-0.2, 0) is 11.2 Å². The molecule has 0 spiro atoms. The van der Waals surface area contributed by atoms with Crippen LogP contribution in [0.25, 0.3) is 0 Å². The Bertz CT molecular complexity index is 508. The lowest BCUT2D eigenvalue weighted by atomic mass is 10.0. The van der Waals surface area contributed by atoms with Gasteiger partial charge in [-0.05, 0) is 25.5 Å². The van der Waals surface area contributed by atoms with Crippen molar-refractivity contribution in [3.05, 3.63) is 29.3 Å². The highest BCUT2D eigenvalue weighted by atomic mass is 16.6. The number of rotatable bonds is 1. The number of hydrogen-bond donors (Lipinski definition) is 1. The second kappa shape index (κ2) is 4.33. The van der Waals surface area contributed by atoms with Crippen molar-refractivity contribution in [2.45, 2.75) is 25.9 Å². The molecule has 0 radical (unpaired) electrons. The number of ether oxygens (including phenoxy) is 2. The smallest absolute Gasteiger partial charge is 0.414 e. The standard InChI is InChI=1S/C13H15NO4/c1-13(2)7-8-5-4-6-9(10(8)18-13)11(15)17-12(16)14-3/h4-6H,7H2,1-3H3,(H,14,16). The lowest BCUT2D eigenvalue weighted by Gasteiger charge is -2.17. The number of benzene rings is 1. The number of hydrogen-bond acceptors (Lipinski definition) is 4. The molecular formula is C13H15NO4. The van der Waals surface area contributed by atoms with Crippen LogP contribution in [0.1, 0.15) is 29.8 Å². The Morgan fingerprint density at radius 1 is 1.39 bits per heavy atom. The Labute approximate surface area is 105 Å². The molecule has 0 fully saturated rings. The molecule has 0 atom stereocenters. The van der Waals surface area contributed by atoms with Gasteiger partial charge in [0.1, 0.15) is 16.9 Å². The van der Waals surface area contributed by atoms with E-state index in [0.29, 0.717) is 5.75 Å². The lowest BCUT2D eigenvalue weighted by molar-refractivity contribution is 0.0616. The topological polar surface area (TPSA) is 64.6 Å². The van der Waals surface area contributed by atoms with Crippen molar-refractivity contribution >= 4 is 12.1 Å². The molecule has 1 aliphatic rings. The van der Waals surface area contributed by atoms with Crippen molar-refractivity contribution < 1.29 is 19.1 Å². The van der Waals surface area contributed by atoms with Gasteiger partial charge >= 0.3 is 12.1 Å². The first-order valence-corrected chi connectivity index (χ1v) is 5.68. The van der Waals surface area contributed by atoms with Gasteiger partial charge in [0.2, 0.25) is 0 Å². The third kappa shape index (κ3) is 2.30. The van der Waals surface area contributed by atoms with Gasteiger partial charge in [-0.15, -0.1) is 0 Å². The highest BCUT2D eigenvalue weighted by molar-refractivity contribution is 5.99. The summed E-state index contributed by atoms with van der Waals surface area (Å²) >= 11 is 0. The Hall–Kier alpha value is -2.04. The van der Waals surface area contributed by atoms with E-state index < -0.39 is 12.1 Å². The van der Waals surface area contributed by atoms with Crippen LogP contribution in [0.15, 0.2) is 18.2 Å². The fourth-order valence-corrected chi connectivity index (χ4v) is 1.97. The van der Waals surface area contributed by atoms with Crippen LogP contribution in [0, 0.1) is 0 Å². The SMILES string of the molecule is CNC(=O)OC(=O)c1cccc2c1OC(C)(C)C2. The molecule has 0 saturated carbocycles. The number of amides is 1. The van der Waals surface area contributed by atoms with Crippen LogP contribution in [0.4, 0.5) is 4.79 Å². The second-order valence-electron chi connectivity index (χ2n) is 4.76. The normalized spacial score (nSPS) is 15.5.